The average Bonchev–Trinajstić information content (AvgIpc) is 2.50. The van der Waals surface area contributed by atoms with E-state index in [0.717, 1.165) is 35.8 Å². The summed E-state index contributed by atoms with van der Waals surface area (Å²) in [6.45, 7) is 3.05. The minimum atomic E-state index is -0.908. The van der Waals surface area contributed by atoms with Gasteiger partial charge in [0.15, 0.2) is 0 Å². The molecule has 1 atom stereocenters. The SMILES string of the molecule is CC(CO)CCCNc1ccc(C(=O)O)c2ccccc12. The van der Waals surface area contributed by atoms with Gasteiger partial charge < -0.3 is 15.5 Å². The summed E-state index contributed by atoms with van der Waals surface area (Å²) in [4.78, 5) is 11.3. The summed E-state index contributed by atoms with van der Waals surface area (Å²) in [7, 11) is 0. The third kappa shape index (κ3) is 3.73. The quantitative estimate of drug-likeness (QED) is 0.683. The highest BCUT2D eigenvalue weighted by molar-refractivity contribution is 6.07. The molecule has 2 aromatic rings. The van der Waals surface area contributed by atoms with Crippen LogP contribution in [-0.2, 0) is 0 Å². The molecule has 3 N–H and O–H groups in total. The van der Waals surface area contributed by atoms with Crippen molar-refractivity contribution in [1.82, 2.24) is 0 Å². The smallest absolute Gasteiger partial charge is 0.336 e. The Bertz CT molecular complexity index is 624. The number of carbonyl (C=O) groups is 1. The highest BCUT2D eigenvalue weighted by Crippen LogP contribution is 2.26. The normalized spacial score (nSPS) is 12.3. The van der Waals surface area contributed by atoms with Gasteiger partial charge in [0.25, 0.3) is 0 Å². The first kappa shape index (κ1) is 15.3. The third-order valence-corrected chi connectivity index (χ3v) is 3.66. The van der Waals surface area contributed by atoms with Gasteiger partial charge in [0, 0.05) is 24.2 Å². The molecule has 1 unspecified atom stereocenters. The molecule has 0 aliphatic carbocycles. The van der Waals surface area contributed by atoms with Crippen LogP contribution >= 0.6 is 0 Å². The van der Waals surface area contributed by atoms with Crippen molar-refractivity contribution in [2.24, 2.45) is 5.92 Å². The second-order valence-electron chi connectivity index (χ2n) is 5.37. The maximum absolute atomic E-state index is 11.3. The Morgan fingerprint density at radius 1 is 1.19 bits per heavy atom. The van der Waals surface area contributed by atoms with E-state index in [1.54, 1.807) is 6.07 Å². The van der Waals surface area contributed by atoms with Gasteiger partial charge in [-0.05, 0) is 36.3 Å². The molecule has 0 aromatic heterocycles. The Morgan fingerprint density at radius 3 is 2.57 bits per heavy atom. The zero-order valence-corrected chi connectivity index (χ0v) is 12.2. The highest BCUT2D eigenvalue weighted by atomic mass is 16.4. The summed E-state index contributed by atoms with van der Waals surface area (Å²) in [5.41, 5.74) is 1.28. The van der Waals surface area contributed by atoms with Crippen molar-refractivity contribution >= 4 is 22.4 Å². The number of carboxylic acid groups (broad SMARTS) is 1. The van der Waals surface area contributed by atoms with Crippen LogP contribution in [0.3, 0.4) is 0 Å². The second kappa shape index (κ2) is 7.09. The Labute approximate surface area is 124 Å². The summed E-state index contributed by atoms with van der Waals surface area (Å²) in [5.74, 6) is -0.590. The molecule has 0 saturated heterocycles. The minimum absolute atomic E-state index is 0.218. The fraction of sp³-hybridized carbons (Fsp3) is 0.353. The number of anilines is 1. The Morgan fingerprint density at radius 2 is 1.90 bits per heavy atom. The van der Waals surface area contributed by atoms with Gasteiger partial charge in [-0.25, -0.2) is 4.79 Å². The lowest BCUT2D eigenvalue weighted by Gasteiger charge is -2.12. The number of aromatic carboxylic acids is 1. The number of nitrogens with one attached hydrogen (secondary N) is 1. The van der Waals surface area contributed by atoms with Crippen LogP contribution in [0.5, 0.6) is 0 Å². The molecule has 2 rings (SSSR count). The molecule has 4 nitrogen and oxygen atoms in total. The predicted octanol–water partition coefficient (Wildman–Crippen LogP) is 3.36. The van der Waals surface area contributed by atoms with Gasteiger partial charge in [0.1, 0.15) is 0 Å². The standard InChI is InChI=1S/C17H21NO3/c1-12(11-19)5-4-10-18-16-9-8-15(17(20)21)13-6-2-3-7-14(13)16/h2-3,6-9,12,18-19H,4-5,10-11H2,1H3,(H,20,21). The van der Waals surface area contributed by atoms with Crippen molar-refractivity contribution in [3.8, 4) is 0 Å². The molecule has 0 aliphatic rings. The lowest BCUT2D eigenvalue weighted by Crippen LogP contribution is -2.07. The lowest BCUT2D eigenvalue weighted by atomic mass is 10.0. The lowest BCUT2D eigenvalue weighted by molar-refractivity contribution is 0.0699. The van der Waals surface area contributed by atoms with Crippen molar-refractivity contribution in [2.45, 2.75) is 19.8 Å². The monoisotopic (exact) mass is 287 g/mol. The molecule has 4 heteroatoms. The van der Waals surface area contributed by atoms with E-state index in [1.165, 1.54) is 0 Å². The van der Waals surface area contributed by atoms with Crippen LogP contribution < -0.4 is 5.32 Å². The molecule has 0 spiro atoms. The van der Waals surface area contributed by atoms with Crippen LogP contribution in [0.4, 0.5) is 5.69 Å². The van der Waals surface area contributed by atoms with Gasteiger partial charge in [0.05, 0.1) is 5.56 Å². The summed E-state index contributed by atoms with van der Waals surface area (Å²) in [6.07, 6.45) is 1.94. The van der Waals surface area contributed by atoms with Gasteiger partial charge in [-0.2, -0.15) is 0 Å². The van der Waals surface area contributed by atoms with Crippen LogP contribution in [0.2, 0.25) is 0 Å². The third-order valence-electron chi connectivity index (χ3n) is 3.66. The maximum atomic E-state index is 11.3. The van der Waals surface area contributed by atoms with Gasteiger partial charge >= 0.3 is 5.97 Å². The van der Waals surface area contributed by atoms with Crippen LogP contribution in [-0.4, -0.2) is 29.3 Å². The first-order valence-corrected chi connectivity index (χ1v) is 7.23. The Kier molecular flexibility index (Phi) is 5.17. The molecular formula is C17H21NO3. The first-order valence-electron chi connectivity index (χ1n) is 7.23. The van der Waals surface area contributed by atoms with Crippen molar-refractivity contribution in [2.75, 3.05) is 18.5 Å². The number of hydrogen-bond acceptors (Lipinski definition) is 3. The zero-order chi connectivity index (χ0) is 15.2. The van der Waals surface area contributed by atoms with E-state index >= 15 is 0 Å². The summed E-state index contributed by atoms with van der Waals surface area (Å²) >= 11 is 0. The first-order chi connectivity index (χ1) is 10.1. The summed E-state index contributed by atoms with van der Waals surface area (Å²) in [6, 6.07) is 11.0. The number of benzene rings is 2. The molecule has 2 aromatic carbocycles. The van der Waals surface area contributed by atoms with Gasteiger partial charge in [0.2, 0.25) is 0 Å². The zero-order valence-electron chi connectivity index (χ0n) is 12.2. The van der Waals surface area contributed by atoms with Crippen LogP contribution in [0.25, 0.3) is 10.8 Å². The number of carboxylic acids is 1. The van der Waals surface area contributed by atoms with Gasteiger partial charge in [-0.15, -0.1) is 0 Å². The summed E-state index contributed by atoms with van der Waals surface area (Å²) in [5, 5.41) is 23.3. The second-order valence-corrected chi connectivity index (χ2v) is 5.37. The van der Waals surface area contributed by atoms with Crippen molar-refractivity contribution < 1.29 is 15.0 Å². The van der Waals surface area contributed by atoms with Gasteiger partial charge in [-0.3, -0.25) is 0 Å². The van der Waals surface area contributed by atoms with E-state index < -0.39 is 5.97 Å². The van der Waals surface area contributed by atoms with Crippen molar-refractivity contribution in [3.63, 3.8) is 0 Å². The fourth-order valence-electron chi connectivity index (χ4n) is 2.40. The number of aliphatic hydroxyl groups excluding tert-OH is 1. The van der Waals surface area contributed by atoms with E-state index in [0.29, 0.717) is 11.5 Å². The van der Waals surface area contributed by atoms with E-state index in [2.05, 4.69) is 5.32 Å². The van der Waals surface area contributed by atoms with E-state index in [1.807, 2.05) is 37.3 Å². The molecular weight excluding hydrogens is 266 g/mol. The molecule has 0 heterocycles. The van der Waals surface area contributed by atoms with Crippen molar-refractivity contribution in [1.29, 1.82) is 0 Å². The maximum Gasteiger partial charge on any atom is 0.336 e. The molecule has 0 amide bonds. The number of aliphatic hydroxyl groups is 1. The number of fused-ring (bicyclic) bond motifs is 1. The predicted molar refractivity (Wildman–Crippen MR) is 84.9 cm³/mol. The van der Waals surface area contributed by atoms with E-state index in [-0.39, 0.29) is 6.61 Å². The topological polar surface area (TPSA) is 69.6 Å². The van der Waals surface area contributed by atoms with Crippen molar-refractivity contribution in [3.05, 3.63) is 42.0 Å². The van der Waals surface area contributed by atoms with E-state index in [9.17, 15) is 9.90 Å². The molecule has 0 saturated carbocycles. The molecule has 0 fully saturated rings. The molecule has 0 bridgehead atoms. The molecule has 112 valence electrons. The molecule has 0 aliphatic heterocycles. The fourth-order valence-corrected chi connectivity index (χ4v) is 2.40. The summed E-state index contributed by atoms with van der Waals surface area (Å²) < 4.78 is 0. The number of hydrogen-bond donors (Lipinski definition) is 3. The van der Waals surface area contributed by atoms with Crippen LogP contribution in [0, 0.1) is 5.92 Å². The Balaban J connectivity index is 2.14. The molecule has 0 radical (unpaired) electrons. The largest absolute Gasteiger partial charge is 0.478 e. The number of rotatable bonds is 7. The Hall–Kier alpha value is -2.07. The highest BCUT2D eigenvalue weighted by Gasteiger charge is 2.10. The van der Waals surface area contributed by atoms with Crippen LogP contribution in [0.15, 0.2) is 36.4 Å². The minimum Gasteiger partial charge on any atom is -0.478 e. The molecule has 21 heavy (non-hydrogen) atoms. The average molecular weight is 287 g/mol. The van der Waals surface area contributed by atoms with Gasteiger partial charge in [-0.1, -0.05) is 31.2 Å². The van der Waals surface area contributed by atoms with Crippen LogP contribution in [0.1, 0.15) is 30.1 Å². The van der Waals surface area contributed by atoms with E-state index in [4.69, 9.17) is 5.11 Å².